The fourth-order valence-electron chi connectivity index (χ4n) is 2.62. The predicted octanol–water partition coefficient (Wildman–Crippen LogP) is 4.49. The summed E-state index contributed by atoms with van der Waals surface area (Å²) in [5.41, 5.74) is 4.13. The fraction of sp³-hybridized carbons (Fsp3) is 0.0952. The van der Waals surface area contributed by atoms with E-state index in [4.69, 9.17) is 10.8 Å². The van der Waals surface area contributed by atoms with Crippen LogP contribution >= 0.6 is 0 Å². The van der Waals surface area contributed by atoms with Gasteiger partial charge in [-0.15, -0.1) is 0 Å². The minimum atomic E-state index is 0.132. The average Bonchev–Trinajstić information content (AvgIpc) is 2.63. The van der Waals surface area contributed by atoms with E-state index in [-0.39, 0.29) is 17.2 Å². The Balaban J connectivity index is 1.67. The zero-order valence-corrected chi connectivity index (χ0v) is 13.3. The third-order valence-corrected chi connectivity index (χ3v) is 4.04. The highest BCUT2D eigenvalue weighted by Crippen LogP contribution is 2.20. The van der Waals surface area contributed by atoms with E-state index in [2.05, 4.69) is 0 Å². The van der Waals surface area contributed by atoms with Crippen molar-refractivity contribution in [3.8, 4) is 0 Å². The van der Waals surface area contributed by atoms with E-state index in [0.29, 0.717) is 12.0 Å². The number of hydrogen-bond acceptors (Lipinski definition) is 3. The van der Waals surface area contributed by atoms with Crippen LogP contribution in [0.2, 0.25) is 0 Å². The minimum absolute atomic E-state index is 0.132. The summed E-state index contributed by atoms with van der Waals surface area (Å²) in [6.07, 6.45) is 6.36. The zero-order valence-electron chi connectivity index (χ0n) is 13.3. The van der Waals surface area contributed by atoms with Crippen molar-refractivity contribution in [3.05, 3.63) is 89.5 Å². The highest BCUT2D eigenvalue weighted by molar-refractivity contribution is 6.50. The lowest BCUT2D eigenvalue weighted by Crippen LogP contribution is -2.09. The second-order valence-corrected chi connectivity index (χ2v) is 5.75. The lowest BCUT2D eigenvalue weighted by atomic mass is 9.95. The van der Waals surface area contributed by atoms with Gasteiger partial charge in [0.2, 0.25) is 0 Å². The topological polar surface area (TPSA) is 64.8 Å². The van der Waals surface area contributed by atoms with Crippen molar-refractivity contribution in [2.75, 3.05) is 0 Å². The number of carbonyl (C=O) groups excluding carboxylic acids is 1. The Labute approximate surface area is 141 Å². The van der Waals surface area contributed by atoms with Crippen LogP contribution in [0.25, 0.3) is 5.57 Å². The van der Waals surface area contributed by atoms with Crippen LogP contribution in [0.5, 0.6) is 0 Å². The summed E-state index contributed by atoms with van der Waals surface area (Å²) < 4.78 is 0. The first-order valence-electron chi connectivity index (χ1n) is 7.88. The molecule has 0 fully saturated rings. The second kappa shape index (κ2) is 7.01. The van der Waals surface area contributed by atoms with Crippen LogP contribution in [0.4, 0.5) is 0 Å². The fourth-order valence-corrected chi connectivity index (χ4v) is 2.62. The predicted molar refractivity (Wildman–Crippen MR) is 98.1 cm³/mol. The number of hydrogen-bond donors (Lipinski definition) is 2. The van der Waals surface area contributed by atoms with Crippen molar-refractivity contribution in [1.29, 1.82) is 10.8 Å². The molecule has 2 N–H and O–H groups in total. The Morgan fingerprint density at radius 1 is 0.833 bits per heavy atom. The standard InChI is InChI=1S/C21H18N2O/c22-19-12-11-18(14-20(19)23)16-7-9-17(10-8-16)21(24)13-6-15-4-2-1-3-5-15/h1-5,7-12,14,22-23H,6,13H2. The summed E-state index contributed by atoms with van der Waals surface area (Å²) in [5, 5.41) is 15.3. The molecule has 3 nitrogen and oxygen atoms in total. The first kappa shape index (κ1) is 15.8. The van der Waals surface area contributed by atoms with E-state index in [1.807, 2.05) is 60.7 Å². The van der Waals surface area contributed by atoms with E-state index in [9.17, 15) is 4.79 Å². The summed E-state index contributed by atoms with van der Waals surface area (Å²) >= 11 is 0. The molecule has 1 aliphatic carbocycles. The van der Waals surface area contributed by atoms with Crippen molar-refractivity contribution in [1.82, 2.24) is 0 Å². The Morgan fingerprint density at radius 3 is 2.21 bits per heavy atom. The lowest BCUT2D eigenvalue weighted by molar-refractivity contribution is 0.0983. The van der Waals surface area contributed by atoms with Gasteiger partial charge in [0.15, 0.2) is 5.78 Å². The highest BCUT2D eigenvalue weighted by Gasteiger charge is 2.10. The third-order valence-electron chi connectivity index (χ3n) is 4.04. The summed E-state index contributed by atoms with van der Waals surface area (Å²) in [4.78, 5) is 12.3. The molecular formula is C21H18N2O. The normalized spacial score (nSPS) is 13.8. The number of nitrogens with one attached hydrogen (secondary N) is 2. The number of aryl methyl sites for hydroxylation is 1. The van der Waals surface area contributed by atoms with Crippen LogP contribution in [0.3, 0.4) is 0 Å². The number of Topliss-reactive ketones (excluding diaryl/α,β-unsaturated/α-hetero) is 1. The van der Waals surface area contributed by atoms with Gasteiger partial charge in [-0.05, 0) is 35.3 Å². The quantitative estimate of drug-likeness (QED) is 0.619. The van der Waals surface area contributed by atoms with E-state index < -0.39 is 0 Å². The molecule has 0 aliphatic heterocycles. The van der Waals surface area contributed by atoms with E-state index in [1.165, 1.54) is 5.56 Å². The molecule has 0 saturated carbocycles. The smallest absolute Gasteiger partial charge is 0.163 e. The number of carbonyl (C=O) groups is 1. The molecule has 0 spiro atoms. The van der Waals surface area contributed by atoms with Crippen LogP contribution in [-0.2, 0) is 6.42 Å². The summed E-state index contributed by atoms with van der Waals surface area (Å²) in [5.74, 6) is 0.132. The van der Waals surface area contributed by atoms with Crippen LogP contribution in [0, 0.1) is 10.8 Å². The van der Waals surface area contributed by atoms with Crippen molar-refractivity contribution in [3.63, 3.8) is 0 Å². The Kier molecular flexibility index (Phi) is 4.62. The third kappa shape index (κ3) is 3.63. The molecule has 0 amide bonds. The van der Waals surface area contributed by atoms with Crippen molar-refractivity contribution in [2.45, 2.75) is 12.8 Å². The maximum absolute atomic E-state index is 12.3. The summed E-state index contributed by atoms with van der Waals surface area (Å²) in [6, 6.07) is 17.5. The second-order valence-electron chi connectivity index (χ2n) is 5.75. The van der Waals surface area contributed by atoms with Crippen LogP contribution < -0.4 is 0 Å². The van der Waals surface area contributed by atoms with Crippen molar-refractivity contribution < 1.29 is 4.79 Å². The molecule has 0 unspecified atom stereocenters. The molecule has 0 heterocycles. The first-order valence-corrected chi connectivity index (χ1v) is 7.88. The van der Waals surface area contributed by atoms with Crippen LogP contribution in [0.1, 0.15) is 27.9 Å². The molecule has 3 heteroatoms. The Morgan fingerprint density at radius 2 is 1.54 bits per heavy atom. The number of benzene rings is 2. The van der Waals surface area contributed by atoms with Crippen LogP contribution in [0.15, 0.2) is 72.8 Å². The molecule has 118 valence electrons. The van der Waals surface area contributed by atoms with Crippen LogP contribution in [-0.4, -0.2) is 17.2 Å². The number of rotatable bonds is 5. The number of ketones is 1. The molecule has 0 atom stereocenters. The Hall–Kier alpha value is -3.07. The molecule has 3 rings (SSSR count). The molecule has 0 radical (unpaired) electrons. The monoisotopic (exact) mass is 314 g/mol. The average molecular weight is 314 g/mol. The maximum atomic E-state index is 12.3. The van der Waals surface area contributed by atoms with Gasteiger partial charge < -0.3 is 0 Å². The van der Waals surface area contributed by atoms with E-state index in [0.717, 1.165) is 17.6 Å². The van der Waals surface area contributed by atoms with Gasteiger partial charge in [-0.2, -0.15) is 0 Å². The van der Waals surface area contributed by atoms with Gasteiger partial charge >= 0.3 is 0 Å². The minimum Gasteiger partial charge on any atom is -0.299 e. The van der Waals surface area contributed by atoms with Gasteiger partial charge in [-0.1, -0.05) is 60.7 Å². The molecule has 2 aromatic rings. The SMILES string of the molecule is N=C1C=CC(c2ccc(C(=O)CCc3ccccc3)cc2)=CC1=N. The lowest BCUT2D eigenvalue weighted by Gasteiger charge is -2.09. The van der Waals surface area contributed by atoms with Gasteiger partial charge in [-0.3, -0.25) is 15.6 Å². The Bertz CT molecular complexity index is 843. The molecule has 24 heavy (non-hydrogen) atoms. The highest BCUT2D eigenvalue weighted by atomic mass is 16.1. The molecule has 2 aromatic carbocycles. The molecule has 1 aliphatic rings. The van der Waals surface area contributed by atoms with Crippen molar-refractivity contribution in [2.24, 2.45) is 0 Å². The molecule has 0 aromatic heterocycles. The first-order chi connectivity index (χ1) is 11.6. The molecule has 0 saturated heterocycles. The van der Waals surface area contributed by atoms with Gasteiger partial charge in [0.25, 0.3) is 0 Å². The van der Waals surface area contributed by atoms with E-state index in [1.54, 1.807) is 12.2 Å². The van der Waals surface area contributed by atoms with Gasteiger partial charge in [-0.25, -0.2) is 0 Å². The van der Waals surface area contributed by atoms with E-state index >= 15 is 0 Å². The largest absolute Gasteiger partial charge is 0.299 e. The van der Waals surface area contributed by atoms with Gasteiger partial charge in [0, 0.05) is 12.0 Å². The molecular weight excluding hydrogens is 296 g/mol. The zero-order chi connectivity index (χ0) is 16.9. The molecule has 0 bridgehead atoms. The summed E-state index contributed by atoms with van der Waals surface area (Å²) in [7, 11) is 0. The van der Waals surface area contributed by atoms with Gasteiger partial charge in [0.1, 0.15) is 0 Å². The van der Waals surface area contributed by atoms with Crippen molar-refractivity contribution >= 4 is 22.8 Å². The number of allylic oxidation sites excluding steroid dienone is 4. The van der Waals surface area contributed by atoms with Gasteiger partial charge in [0.05, 0.1) is 11.4 Å². The summed E-state index contributed by atoms with van der Waals surface area (Å²) in [6.45, 7) is 0. The maximum Gasteiger partial charge on any atom is 0.163 e.